The van der Waals surface area contributed by atoms with Crippen molar-refractivity contribution in [2.24, 2.45) is 17.6 Å². The fraction of sp³-hybridized carbons (Fsp3) is 0.455. The molecule has 1 aliphatic heterocycles. The van der Waals surface area contributed by atoms with Gasteiger partial charge in [0, 0.05) is 30.0 Å². The summed E-state index contributed by atoms with van der Waals surface area (Å²) in [6.45, 7) is 2.50. The average Bonchev–Trinajstić information content (AvgIpc) is 3.45. The molecular weight excluding hydrogens is 388 g/mol. The van der Waals surface area contributed by atoms with Crippen LogP contribution in [0.2, 0.25) is 0 Å². The zero-order chi connectivity index (χ0) is 21.6. The molecule has 8 nitrogen and oxygen atoms in total. The average molecular weight is 412 g/mol. The molecule has 1 unspecified atom stereocenters. The van der Waals surface area contributed by atoms with E-state index in [-0.39, 0.29) is 18.1 Å². The number of phenols is 1. The Bertz CT molecular complexity index is 1080. The highest BCUT2D eigenvalue weighted by atomic mass is 16.4. The Hall–Kier alpha value is -2.84. The molecule has 0 saturated carbocycles. The Labute approximate surface area is 172 Å². The van der Waals surface area contributed by atoms with Crippen LogP contribution in [0.5, 0.6) is 5.75 Å². The van der Waals surface area contributed by atoms with Gasteiger partial charge in [-0.1, -0.05) is 13.0 Å². The van der Waals surface area contributed by atoms with Gasteiger partial charge in [0.2, 0.25) is 0 Å². The third kappa shape index (κ3) is 2.12. The number of amides is 1. The Morgan fingerprint density at radius 1 is 1.23 bits per heavy atom. The Morgan fingerprint density at radius 3 is 2.53 bits per heavy atom. The first-order chi connectivity index (χ1) is 14.2. The van der Waals surface area contributed by atoms with Gasteiger partial charge < -0.3 is 31.5 Å². The number of aromatic hydroxyl groups is 1. The van der Waals surface area contributed by atoms with Gasteiger partial charge in [-0.15, -0.1) is 0 Å². The molecule has 0 radical (unpaired) electrons. The summed E-state index contributed by atoms with van der Waals surface area (Å²) in [5.41, 5.74) is 4.82. The minimum absolute atomic E-state index is 0.108. The van der Waals surface area contributed by atoms with Crippen LogP contribution >= 0.6 is 0 Å². The smallest absolute Gasteiger partial charge is 0.255 e. The molecule has 0 aromatic heterocycles. The second-order valence-corrected chi connectivity index (χ2v) is 8.79. The lowest BCUT2D eigenvalue weighted by Crippen LogP contribution is -2.54. The minimum Gasteiger partial charge on any atom is -0.509 e. The molecular formula is C22H24N2O6. The van der Waals surface area contributed by atoms with E-state index >= 15 is 0 Å². The summed E-state index contributed by atoms with van der Waals surface area (Å²) in [4.78, 5) is 24.1. The zero-order valence-corrected chi connectivity index (χ0v) is 16.5. The zero-order valence-electron chi connectivity index (χ0n) is 16.5. The first-order valence-corrected chi connectivity index (χ1v) is 10.2. The summed E-state index contributed by atoms with van der Waals surface area (Å²) >= 11 is 0. The van der Waals surface area contributed by atoms with Crippen molar-refractivity contribution in [3.8, 4) is 5.75 Å². The number of hydrogen-bond acceptors (Lipinski definition) is 7. The number of aliphatic hydroxyl groups is 3. The topological polar surface area (TPSA) is 163 Å². The summed E-state index contributed by atoms with van der Waals surface area (Å²) in [5.74, 6) is -3.95. The van der Waals surface area contributed by atoms with Crippen molar-refractivity contribution in [3.05, 3.63) is 51.5 Å². The second-order valence-electron chi connectivity index (χ2n) is 8.79. The maximum absolute atomic E-state index is 12.4. The predicted molar refractivity (Wildman–Crippen MR) is 106 cm³/mol. The lowest BCUT2D eigenvalue weighted by atomic mass is 9.58. The van der Waals surface area contributed by atoms with Gasteiger partial charge >= 0.3 is 0 Å². The molecule has 4 atom stereocenters. The molecule has 8 heteroatoms. The quantitative estimate of drug-likeness (QED) is 0.308. The van der Waals surface area contributed by atoms with Crippen molar-refractivity contribution in [3.63, 3.8) is 0 Å². The van der Waals surface area contributed by atoms with Crippen molar-refractivity contribution < 1.29 is 30.0 Å². The van der Waals surface area contributed by atoms with Crippen LogP contribution in [0.3, 0.4) is 0 Å². The minimum atomic E-state index is -2.25. The van der Waals surface area contributed by atoms with Crippen LogP contribution in [0.1, 0.15) is 36.5 Å². The monoisotopic (exact) mass is 412 g/mol. The molecule has 7 N–H and O–H groups in total. The van der Waals surface area contributed by atoms with Crippen molar-refractivity contribution in [2.75, 3.05) is 6.54 Å². The van der Waals surface area contributed by atoms with Gasteiger partial charge in [-0.25, -0.2) is 0 Å². The molecule has 1 heterocycles. The highest BCUT2D eigenvalue weighted by Crippen LogP contribution is 2.60. The number of aliphatic hydroxyl groups excluding tert-OH is 2. The van der Waals surface area contributed by atoms with E-state index in [1.54, 1.807) is 6.07 Å². The number of primary amides is 1. The number of carbonyl (C=O) groups excluding carboxylic acids is 2. The first-order valence-electron chi connectivity index (χ1n) is 10.2. The molecule has 1 amide bonds. The maximum atomic E-state index is 12.4. The number of ketones is 1. The fourth-order valence-electron chi connectivity index (χ4n) is 5.95. The van der Waals surface area contributed by atoms with Crippen LogP contribution in [0.4, 0.5) is 0 Å². The lowest BCUT2D eigenvalue weighted by Gasteiger charge is -2.48. The second kappa shape index (κ2) is 5.86. The van der Waals surface area contributed by atoms with Crippen molar-refractivity contribution >= 4 is 11.7 Å². The number of benzene rings is 1. The summed E-state index contributed by atoms with van der Waals surface area (Å²) in [7, 11) is 0. The van der Waals surface area contributed by atoms with E-state index in [0.717, 1.165) is 17.5 Å². The molecule has 1 aromatic rings. The van der Waals surface area contributed by atoms with Gasteiger partial charge in [-0.05, 0) is 42.4 Å². The van der Waals surface area contributed by atoms with Crippen molar-refractivity contribution in [2.45, 2.75) is 43.7 Å². The summed E-state index contributed by atoms with van der Waals surface area (Å²) in [6.07, 6.45) is 1.48. The highest BCUT2D eigenvalue weighted by Gasteiger charge is 2.64. The summed E-state index contributed by atoms with van der Waals surface area (Å²) in [5, 5.41) is 47.3. The van der Waals surface area contributed by atoms with Gasteiger partial charge in [0.25, 0.3) is 5.91 Å². The van der Waals surface area contributed by atoms with Gasteiger partial charge in [0.15, 0.2) is 11.4 Å². The molecule has 4 aliphatic rings. The first kappa shape index (κ1) is 19.1. The molecule has 0 bridgehead atoms. The SMILES string of the molecule is CCc1ccc(O)c2c1C[C@H]1C[C@H]3CC(=O)C(C(N)=O)=C(O)[C@@]3(O)C(O)=C1C21CN1. The van der Waals surface area contributed by atoms with E-state index in [9.17, 15) is 30.0 Å². The van der Waals surface area contributed by atoms with E-state index in [1.807, 2.05) is 13.0 Å². The molecule has 5 rings (SSSR count). The van der Waals surface area contributed by atoms with Crippen LogP contribution in [-0.4, -0.2) is 44.3 Å². The number of Topliss-reactive ketones (excluding diaryl/α,β-unsaturated/α-hetero) is 1. The normalized spacial score (nSPS) is 34.5. The Balaban J connectivity index is 1.77. The number of rotatable bonds is 2. The molecule has 1 spiro atoms. The van der Waals surface area contributed by atoms with Crippen LogP contribution in [0.15, 0.2) is 34.8 Å². The third-order valence-corrected chi connectivity index (χ3v) is 7.38. The van der Waals surface area contributed by atoms with Gasteiger partial charge in [0.05, 0.1) is 5.54 Å². The lowest BCUT2D eigenvalue weighted by molar-refractivity contribution is -0.128. The number of aryl methyl sites for hydroxylation is 1. The van der Waals surface area contributed by atoms with E-state index < -0.39 is 45.8 Å². The van der Waals surface area contributed by atoms with Gasteiger partial charge in [-0.2, -0.15) is 0 Å². The Morgan fingerprint density at radius 2 is 1.93 bits per heavy atom. The highest BCUT2D eigenvalue weighted by molar-refractivity contribution is 6.20. The maximum Gasteiger partial charge on any atom is 0.255 e. The van der Waals surface area contributed by atoms with Gasteiger partial charge in [-0.3, -0.25) is 9.59 Å². The molecule has 1 saturated heterocycles. The Kier molecular flexibility index (Phi) is 3.74. The molecule has 30 heavy (non-hydrogen) atoms. The van der Waals surface area contributed by atoms with E-state index in [4.69, 9.17) is 5.73 Å². The summed E-state index contributed by atoms with van der Waals surface area (Å²) in [6, 6.07) is 3.54. The van der Waals surface area contributed by atoms with E-state index in [1.165, 1.54) is 0 Å². The predicted octanol–water partition coefficient (Wildman–Crippen LogP) is 0.759. The summed E-state index contributed by atoms with van der Waals surface area (Å²) < 4.78 is 0. The van der Waals surface area contributed by atoms with E-state index in [2.05, 4.69) is 5.32 Å². The third-order valence-electron chi connectivity index (χ3n) is 7.38. The van der Waals surface area contributed by atoms with E-state index in [0.29, 0.717) is 30.5 Å². The van der Waals surface area contributed by atoms with Crippen LogP contribution in [0, 0.1) is 11.8 Å². The van der Waals surface area contributed by atoms with Crippen molar-refractivity contribution in [1.82, 2.24) is 5.32 Å². The molecule has 158 valence electrons. The molecule has 1 aromatic carbocycles. The van der Waals surface area contributed by atoms with Crippen LogP contribution in [0.25, 0.3) is 0 Å². The number of carbonyl (C=O) groups is 2. The largest absolute Gasteiger partial charge is 0.509 e. The molecule has 1 fully saturated rings. The fourth-order valence-corrected chi connectivity index (χ4v) is 5.95. The van der Waals surface area contributed by atoms with Crippen molar-refractivity contribution in [1.29, 1.82) is 0 Å². The number of phenolic OH excluding ortho intramolecular Hbond substituents is 1. The molecule has 3 aliphatic carbocycles. The number of hydrogen-bond donors (Lipinski definition) is 6. The number of nitrogens with two attached hydrogens (primary N) is 1. The standard InChI is InChI=1S/C22H24N2O6/c1-2-9-3-4-13(25)17-12(9)6-10-5-11-7-14(26)15(20(23)29)18(27)22(11,30)19(28)16(10)21(17)8-24-21/h3-4,10-11,24-25,27-28,30H,2,5-8H2,1H3,(H2,23,29)/t10-,11+,21?,22-/m1/s1. The van der Waals surface area contributed by atoms with Crippen LogP contribution < -0.4 is 11.1 Å². The number of fused-ring (bicyclic) bond motifs is 5. The van der Waals surface area contributed by atoms with Gasteiger partial charge in [0.1, 0.15) is 22.8 Å². The number of nitrogens with one attached hydrogen (secondary N) is 1. The van der Waals surface area contributed by atoms with Crippen LogP contribution in [-0.2, 0) is 28.0 Å².